The Hall–Kier alpha value is -3.05. The van der Waals surface area contributed by atoms with Crippen LogP contribution >= 0.6 is 11.3 Å². The molecule has 3 rings (SSSR count). The third-order valence-corrected chi connectivity index (χ3v) is 4.49. The van der Waals surface area contributed by atoms with E-state index in [1.807, 2.05) is 17.3 Å². The zero-order chi connectivity index (χ0) is 17.1. The van der Waals surface area contributed by atoms with Crippen molar-refractivity contribution in [2.45, 2.75) is 6.42 Å². The molecule has 3 aromatic rings. The van der Waals surface area contributed by atoms with Crippen LogP contribution in [0.2, 0.25) is 0 Å². The number of benzene rings is 1. The highest BCUT2D eigenvalue weighted by Gasteiger charge is 2.13. The summed E-state index contributed by atoms with van der Waals surface area (Å²) in [6.07, 6.45) is 2.56. The van der Waals surface area contributed by atoms with Crippen LogP contribution in [0.15, 0.2) is 35.8 Å². The summed E-state index contributed by atoms with van der Waals surface area (Å²) in [7, 11) is 1.90. The van der Waals surface area contributed by atoms with Gasteiger partial charge in [0, 0.05) is 49.1 Å². The second-order valence-corrected chi connectivity index (χ2v) is 6.17. The van der Waals surface area contributed by atoms with Gasteiger partial charge in [-0.15, -0.1) is 11.3 Å². The van der Waals surface area contributed by atoms with Gasteiger partial charge in [-0.3, -0.25) is 10.1 Å². The van der Waals surface area contributed by atoms with E-state index in [4.69, 9.17) is 0 Å². The lowest BCUT2D eigenvalue weighted by molar-refractivity contribution is -0.384. The Kier molecular flexibility index (Phi) is 4.35. The maximum atomic E-state index is 10.9. The van der Waals surface area contributed by atoms with Crippen LogP contribution in [0, 0.1) is 21.4 Å². The monoisotopic (exact) mass is 339 g/mol. The number of rotatable bonds is 5. The third kappa shape index (κ3) is 3.16. The summed E-state index contributed by atoms with van der Waals surface area (Å²) in [4.78, 5) is 21.1. The molecule has 0 aliphatic carbocycles. The van der Waals surface area contributed by atoms with E-state index in [0.29, 0.717) is 28.8 Å². The molecule has 0 aliphatic heterocycles. The molecule has 0 saturated carbocycles. The molecule has 0 aliphatic rings. The normalized spacial score (nSPS) is 10.5. The first-order valence-corrected chi connectivity index (χ1v) is 8.05. The van der Waals surface area contributed by atoms with Crippen LogP contribution in [0.3, 0.4) is 0 Å². The van der Waals surface area contributed by atoms with E-state index in [9.17, 15) is 15.4 Å². The van der Waals surface area contributed by atoms with Gasteiger partial charge in [-0.2, -0.15) is 5.26 Å². The van der Waals surface area contributed by atoms with Crippen LogP contribution in [0.25, 0.3) is 10.9 Å². The maximum Gasteiger partial charge on any atom is 0.270 e. The summed E-state index contributed by atoms with van der Waals surface area (Å²) < 4.78 is 0. The molecule has 0 unspecified atom stereocenters. The lowest BCUT2D eigenvalue weighted by Crippen LogP contribution is -2.21. The topological polar surface area (TPSA) is 96.0 Å². The number of anilines is 1. The second-order valence-electron chi connectivity index (χ2n) is 5.20. The first kappa shape index (κ1) is 15.8. The molecule has 24 heavy (non-hydrogen) atoms. The number of hydrogen-bond acceptors (Lipinski definition) is 7. The van der Waals surface area contributed by atoms with Crippen molar-refractivity contribution in [2.24, 2.45) is 0 Å². The van der Waals surface area contributed by atoms with Gasteiger partial charge in [0.1, 0.15) is 5.82 Å². The Morgan fingerprint density at radius 1 is 1.42 bits per heavy atom. The van der Waals surface area contributed by atoms with Gasteiger partial charge in [-0.1, -0.05) is 0 Å². The molecule has 2 heterocycles. The summed E-state index contributed by atoms with van der Waals surface area (Å²) in [5, 5.41) is 23.7. The zero-order valence-electron chi connectivity index (χ0n) is 12.8. The summed E-state index contributed by atoms with van der Waals surface area (Å²) in [5.74, 6) is 0.657. The van der Waals surface area contributed by atoms with Crippen molar-refractivity contribution in [1.29, 1.82) is 5.26 Å². The first-order chi connectivity index (χ1) is 11.6. The van der Waals surface area contributed by atoms with Gasteiger partial charge in [-0.05, 0) is 12.1 Å². The fraction of sp³-hybridized carbons (Fsp3) is 0.188. The molecule has 0 saturated heterocycles. The van der Waals surface area contributed by atoms with Gasteiger partial charge in [-0.25, -0.2) is 9.97 Å². The highest BCUT2D eigenvalue weighted by Crippen LogP contribution is 2.26. The molecule has 8 heteroatoms. The van der Waals surface area contributed by atoms with Crippen LogP contribution in [-0.4, -0.2) is 28.5 Å². The average molecular weight is 339 g/mol. The SMILES string of the molecule is CN(CCc1nccs1)c1cc(C#N)c2cc([N+](=O)[O-])ccc2n1. The quantitative estimate of drug-likeness (QED) is 0.523. The average Bonchev–Trinajstić information content (AvgIpc) is 3.11. The molecule has 0 radical (unpaired) electrons. The lowest BCUT2D eigenvalue weighted by atomic mass is 10.1. The molecule has 7 nitrogen and oxygen atoms in total. The highest BCUT2D eigenvalue weighted by molar-refractivity contribution is 7.09. The van der Waals surface area contributed by atoms with Crippen LogP contribution in [-0.2, 0) is 6.42 Å². The van der Waals surface area contributed by atoms with Crippen LogP contribution in [0.4, 0.5) is 11.5 Å². The minimum atomic E-state index is -0.478. The largest absolute Gasteiger partial charge is 0.359 e. The Labute approximate surface area is 142 Å². The smallest absolute Gasteiger partial charge is 0.270 e. The number of likely N-dealkylation sites (N-methyl/N-ethyl adjacent to an activating group) is 1. The van der Waals surface area contributed by atoms with E-state index < -0.39 is 4.92 Å². The van der Waals surface area contributed by atoms with Crippen molar-refractivity contribution in [1.82, 2.24) is 9.97 Å². The Morgan fingerprint density at radius 2 is 2.25 bits per heavy atom. The zero-order valence-corrected chi connectivity index (χ0v) is 13.7. The fourth-order valence-corrected chi connectivity index (χ4v) is 2.97. The lowest BCUT2D eigenvalue weighted by Gasteiger charge is -2.18. The van der Waals surface area contributed by atoms with Gasteiger partial charge in [0.15, 0.2) is 0 Å². The molecule has 0 N–H and O–H groups in total. The van der Waals surface area contributed by atoms with Crippen molar-refractivity contribution in [3.05, 3.63) is 56.5 Å². The van der Waals surface area contributed by atoms with E-state index >= 15 is 0 Å². The standard InChI is InChI=1S/C16H13N5O2S/c1-20(6-4-16-18-5-7-24-16)15-8-11(10-17)13-9-12(21(22)23)2-3-14(13)19-15/h2-3,5,7-9H,4,6H2,1H3. The number of nitro groups is 1. The number of hydrogen-bond donors (Lipinski definition) is 0. The van der Waals surface area contributed by atoms with Gasteiger partial charge in [0.2, 0.25) is 0 Å². The molecule has 2 aromatic heterocycles. The predicted octanol–water partition coefficient (Wildman–Crippen LogP) is 3.15. The van der Waals surface area contributed by atoms with Crippen molar-refractivity contribution in [3.63, 3.8) is 0 Å². The van der Waals surface area contributed by atoms with Gasteiger partial charge in [0.25, 0.3) is 5.69 Å². The van der Waals surface area contributed by atoms with Crippen LogP contribution in [0.5, 0.6) is 0 Å². The molecular formula is C16H13N5O2S. The molecular weight excluding hydrogens is 326 g/mol. The molecule has 120 valence electrons. The van der Waals surface area contributed by atoms with Crippen molar-refractivity contribution in [2.75, 3.05) is 18.5 Å². The molecule has 0 fully saturated rings. The number of aromatic nitrogens is 2. The Bertz CT molecular complexity index is 934. The second kappa shape index (κ2) is 6.60. The number of pyridine rings is 1. The summed E-state index contributed by atoms with van der Waals surface area (Å²) >= 11 is 1.60. The van der Waals surface area contributed by atoms with Crippen LogP contribution in [0.1, 0.15) is 10.6 Å². The van der Waals surface area contributed by atoms with E-state index in [1.165, 1.54) is 12.1 Å². The van der Waals surface area contributed by atoms with Crippen molar-refractivity contribution >= 4 is 33.7 Å². The minimum Gasteiger partial charge on any atom is -0.359 e. The van der Waals surface area contributed by atoms with E-state index in [2.05, 4.69) is 16.0 Å². The number of nitrogens with zero attached hydrogens (tertiary/aromatic N) is 5. The maximum absolute atomic E-state index is 10.9. The number of fused-ring (bicyclic) bond motifs is 1. The number of nitriles is 1. The highest BCUT2D eigenvalue weighted by atomic mass is 32.1. The molecule has 0 spiro atoms. The molecule has 1 aromatic carbocycles. The van der Waals surface area contributed by atoms with Gasteiger partial charge < -0.3 is 4.90 Å². The summed E-state index contributed by atoms with van der Waals surface area (Å²) in [6, 6.07) is 8.13. The Morgan fingerprint density at radius 3 is 2.92 bits per heavy atom. The van der Waals surface area contributed by atoms with Crippen LogP contribution < -0.4 is 4.90 Å². The fourth-order valence-electron chi connectivity index (χ4n) is 2.36. The van der Waals surface area contributed by atoms with Gasteiger partial charge >= 0.3 is 0 Å². The van der Waals surface area contributed by atoms with Gasteiger partial charge in [0.05, 0.1) is 27.1 Å². The van der Waals surface area contributed by atoms with Crippen molar-refractivity contribution < 1.29 is 4.92 Å². The molecule has 0 atom stereocenters. The summed E-state index contributed by atoms with van der Waals surface area (Å²) in [5.41, 5.74) is 0.890. The number of non-ortho nitro benzene ring substituents is 1. The van der Waals surface area contributed by atoms with Crippen molar-refractivity contribution in [3.8, 4) is 6.07 Å². The number of nitro benzene ring substituents is 1. The molecule has 0 bridgehead atoms. The minimum absolute atomic E-state index is 0.0503. The summed E-state index contributed by atoms with van der Waals surface area (Å²) in [6.45, 7) is 0.712. The van der Waals surface area contributed by atoms with E-state index in [0.717, 1.165) is 11.4 Å². The number of thiazole rings is 1. The Balaban J connectivity index is 1.93. The van der Waals surface area contributed by atoms with E-state index in [1.54, 1.807) is 29.7 Å². The first-order valence-electron chi connectivity index (χ1n) is 7.17. The predicted molar refractivity (Wildman–Crippen MR) is 92.2 cm³/mol. The molecule has 0 amide bonds. The van der Waals surface area contributed by atoms with E-state index in [-0.39, 0.29) is 5.69 Å². The third-order valence-electron chi connectivity index (χ3n) is 3.65.